The van der Waals surface area contributed by atoms with Crippen molar-refractivity contribution in [1.82, 2.24) is 5.32 Å². The molecule has 31 heavy (non-hydrogen) atoms. The van der Waals surface area contributed by atoms with Crippen LogP contribution in [0, 0.1) is 0 Å². The molecule has 2 aliphatic heterocycles. The first-order valence-corrected chi connectivity index (χ1v) is 12.6. The summed E-state index contributed by atoms with van der Waals surface area (Å²) in [6, 6.07) is 16.4. The zero-order chi connectivity index (χ0) is 21.8. The van der Waals surface area contributed by atoms with Crippen LogP contribution in [0.25, 0.3) is 0 Å². The molecule has 0 aromatic heterocycles. The molecule has 0 saturated carbocycles. The minimum absolute atomic E-state index is 0.0530. The molecule has 164 valence electrons. The van der Waals surface area contributed by atoms with Crippen LogP contribution in [0.5, 0.6) is 5.75 Å². The van der Waals surface area contributed by atoms with Gasteiger partial charge in [0.05, 0.1) is 0 Å². The third kappa shape index (κ3) is 4.52. The van der Waals surface area contributed by atoms with Crippen molar-refractivity contribution in [3.05, 3.63) is 66.4 Å². The van der Waals surface area contributed by atoms with Gasteiger partial charge in [-0.1, -0.05) is 0 Å². The Hall–Kier alpha value is -2.27. The van der Waals surface area contributed by atoms with Gasteiger partial charge in [0.2, 0.25) is 0 Å². The Morgan fingerprint density at radius 1 is 1.29 bits per heavy atom. The Kier molecular flexibility index (Phi) is 6.71. The van der Waals surface area contributed by atoms with E-state index in [0.29, 0.717) is 13.0 Å². The fourth-order valence-corrected chi connectivity index (χ4v) is 6.98. The maximum atomic E-state index is 13.4. The van der Waals surface area contributed by atoms with Crippen molar-refractivity contribution in [3.63, 3.8) is 0 Å². The second-order valence-electron chi connectivity index (χ2n) is 7.99. The molecule has 2 atom stereocenters. The van der Waals surface area contributed by atoms with Gasteiger partial charge >= 0.3 is 191 Å². The van der Waals surface area contributed by atoms with Crippen LogP contribution in [0.15, 0.2) is 60.8 Å². The van der Waals surface area contributed by atoms with E-state index in [1.165, 1.54) is 4.46 Å². The number of carbonyl (C=O) groups is 1. The standard InChI is InChI=1S/C25H30N2O3Se/c1-4-26-24(28)25(31-21-10-6-5-7-11-21)17-19-13-14-20(16-22(19)27(3)18(25)2)30-23-12-8-9-15-29-23/h5-7,10-11,13-14,16,23H,2,4,8-9,12,15,17H2,1,3H3,(H,26,28). The molecule has 0 bridgehead atoms. The number of amides is 1. The average molecular weight is 485 g/mol. The molecule has 1 amide bonds. The first kappa shape index (κ1) is 21.9. The Labute approximate surface area is 191 Å². The Morgan fingerprint density at radius 2 is 2.10 bits per heavy atom. The molecule has 2 aromatic rings. The Bertz CT molecular complexity index is 943. The summed E-state index contributed by atoms with van der Waals surface area (Å²) in [6.45, 7) is 7.72. The second-order valence-corrected chi connectivity index (χ2v) is 10.9. The van der Waals surface area contributed by atoms with Crippen molar-refractivity contribution in [2.75, 3.05) is 25.1 Å². The number of ether oxygens (including phenoxy) is 2. The van der Waals surface area contributed by atoms with Crippen molar-refractivity contribution in [1.29, 1.82) is 0 Å². The van der Waals surface area contributed by atoms with E-state index in [4.69, 9.17) is 9.47 Å². The van der Waals surface area contributed by atoms with Gasteiger partial charge in [0.15, 0.2) is 0 Å². The average Bonchev–Trinajstić information content (AvgIpc) is 2.79. The number of benzene rings is 2. The third-order valence-electron chi connectivity index (χ3n) is 5.87. The maximum absolute atomic E-state index is 13.4. The first-order chi connectivity index (χ1) is 15.0. The van der Waals surface area contributed by atoms with Gasteiger partial charge in [0.1, 0.15) is 0 Å². The SMILES string of the molecule is C=C1N(C)c2cc(OC3CCCCO3)ccc2CC1([Se]c1ccccc1)C(=O)NCC. The summed E-state index contributed by atoms with van der Waals surface area (Å²) < 4.78 is 12.3. The summed E-state index contributed by atoms with van der Waals surface area (Å²) in [5, 5.41) is 3.07. The number of anilines is 1. The molecule has 2 aliphatic rings. The number of hydrogen-bond donors (Lipinski definition) is 1. The van der Waals surface area contributed by atoms with E-state index in [2.05, 4.69) is 41.1 Å². The monoisotopic (exact) mass is 486 g/mol. The van der Waals surface area contributed by atoms with E-state index in [1.807, 2.05) is 38.2 Å². The molecule has 1 saturated heterocycles. The minimum atomic E-state index is -0.666. The number of fused-ring (bicyclic) bond motifs is 1. The summed E-state index contributed by atoms with van der Waals surface area (Å²) in [7, 11) is 2.00. The molecule has 6 heteroatoms. The van der Waals surface area contributed by atoms with Crippen LogP contribution >= 0.6 is 0 Å². The van der Waals surface area contributed by atoms with Gasteiger partial charge in [-0.05, 0) is 0 Å². The van der Waals surface area contributed by atoms with Crippen molar-refractivity contribution in [3.8, 4) is 5.75 Å². The van der Waals surface area contributed by atoms with Crippen molar-refractivity contribution in [2.45, 2.75) is 43.2 Å². The quantitative estimate of drug-likeness (QED) is 0.638. The third-order valence-corrected chi connectivity index (χ3v) is 8.86. The van der Waals surface area contributed by atoms with Gasteiger partial charge in [-0.2, -0.15) is 0 Å². The summed E-state index contributed by atoms with van der Waals surface area (Å²) in [5.74, 6) is 0.849. The molecule has 2 aromatic carbocycles. The number of carbonyl (C=O) groups excluding carboxylic acids is 1. The number of hydrogen-bond acceptors (Lipinski definition) is 4. The second kappa shape index (κ2) is 9.47. The van der Waals surface area contributed by atoms with E-state index in [0.717, 1.165) is 48.6 Å². The van der Waals surface area contributed by atoms with E-state index < -0.39 is 4.31 Å². The van der Waals surface area contributed by atoms with Crippen LogP contribution in [-0.4, -0.2) is 47.4 Å². The number of nitrogens with zero attached hydrogens (tertiary/aromatic N) is 1. The van der Waals surface area contributed by atoms with Crippen LogP contribution in [0.2, 0.25) is 4.31 Å². The van der Waals surface area contributed by atoms with Gasteiger partial charge in [-0.25, -0.2) is 0 Å². The molecular weight excluding hydrogens is 455 g/mol. The Balaban J connectivity index is 1.65. The van der Waals surface area contributed by atoms with Gasteiger partial charge in [-0.3, -0.25) is 0 Å². The summed E-state index contributed by atoms with van der Waals surface area (Å²) in [5.41, 5.74) is 3.01. The van der Waals surface area contributed by atoms with E-state index in [1.54, 1.807) is 0 Å². The first-order valence-electron chi connectivity index (χ1n) is 10.9. The summed E-state index contributed by atoms with van der Waals surface area (Å²) in [4.78, 5) is 15.5. The molecule has 5 nitrogen and oxygen atoms in total. The normalized spacial score (nSPS) is 23.2. The predicted octanol–water partition coefficient (Wildman–Crippen LogP) is 3.42. The molecule has 2 heterocycles. The molecule has 0 spiro atoms. The number of nitrogens with one attached hydrogen (secondary N) is 1. The van der Waals surface area contributed by atoms with Crippen LogP contribution in [0.4, 0.5) is 5.69 Å². The van der Waals surface area contributed by atoms with Crippen molar-refractivity contribution < 1.29 is 14.3 Å². The summed E-state index contributed by atoms with van der Waals surface area (Å²) in [6.07, 6.45) is 3.59. The van der Waals surface area contributed by atoms with Gasteiger partial charge in [0.25, 0.3) is 0 Å². The fourth-order valence-electron chi connectivity index (χ4n) is 4.17. The number of rotatable bonds is 6. The van der Waals surface area contributed by atoms with Crippen LogP contribution in [-0.2, 0) is 16.0 Å². The fraction of sp³-hybridized carbons (Fsp3) is 0.400. The molecule has 0 aliphatic carbocycles. The zero-order valence-electron chi connectivity index (χ0n) is 18.2. The zero-order valence-corrected chi connectivity index (χ0v) is 19.9. The van der Waals surface area contributed by atoms with Gasteiger partial charge < -0.3 is 0 Å². The molecule has 1 fully saturated rings. The van der Waals surface area contributed by atoms with E-state index in [-0.39, 0.29) is 27.2 Å². The molecule has 2 unspecified atom stereocenters. The molecular formula is C25H30N2O3Se. The Morgan fingerprint density at radius 3 is 2.81 bits per heavy atom. The predicted molar refractivity (Wildman–Crippen MR) is 125 cm³/mol. The molecule has 4 rings (SSSR count). The molecule has 1 N–H and O–H groups in total. The molecule has 0 radical (unpaired) electrons. The van der Waals surface area contributed by atoms with E-state index >= 15 is 0 Å². The van der Waals surface area contributed by atoms with Crippen LogP contribution < -0.4 is 19.4 Å². The van der Waals surface area contributed by atoms with Crippen LogP contribution in [0.3, 0.4) is 0 Å². The van der Waals surface area contributed by atoms with E-state index in [9.17, 15) is 4.79 Å². The van der Waals surface area contributed by atoms with Gasteiger partial charge in [0, 0.05) is 0 Å². The summed E-state index contributed by atoms with van der Waals surface area (Å²) >= 11 is -0.109. The van der Waals surface area contributed by atoms with Gasteiger partial charge in [-0.15, -0.1) is 0 Å². The van der Waals surface area contributed by atoms with Crippen molar-refractivity contribution >= 4 is 31.0 Å². The van der Waals surface area contributed by atoms with Crippen molar-refractivity contribution in [2.24, 2.45) is 0 Å². The van der Waals surface area contributed by atoms with Crippen LogP contribution in [0.1, 0.15) is 31.7 Å². The topological polar surface area (TPSA) is 50.8 Å².